The number of aryl methyl sites for hydroxylation is 1. The van der Waals surface area contributed by atoms with Gasteiger partial charge < -0.3 is 4.90 Å². The highest BCUT2D eigenvalue weighted by atomic mass is 32.1. The zero-order valence-electron chi connectivity index (χ0n) is 16.0. The summed E-state index contributed by atoms with van der Waals surface area (Å²) in [5.41, 5.74) is 1.63. The molecule has 5 heteroatoms. The maximum Gasteiger partial charge on any atom is 0.264 e. The number of amides is 1. The molecule has 0 bridgehead atoms. The highest BCUT2D eigenvalue weighted by molar-refractivity contribution is 7.12. The highest BCUT2D eigenvalue weighted by Crippen LogP contribution is 2.52. The number of hydrogen-bond acceptors (Lipinski definition) is 4. The lowest BCUT2D eigenvalue weighted by atomic mass is 9.66. The van der Waals surface area contributed by atoms with Gasteiger partial charge in [0.25, 0.3) is 5.91 Å². The van der Waals surface area contributed by atoms with E-state index in [1.54, 1.807) is 11.3 Å². The first-order valence-electron chi connectivity index (χ1n) is 9.51. The monoisotopic (exact) mass is 388 g/mol. The van der Waals surface area contributed by atoms with Crippen molar-refractivity contribution < 1.29 is 4.79 Å². The van der Waals surface area contributed by atoms with Crippen molar-refractivity contribution in [3.05, 3.63) is 44.3 Å². The SMILES string of the molecule is Cc1ccsc1C(=O)N1CCC2(CCC(c3cccs3)(N(C)C)CC2)C1. The lowest BCUT2D eigenvalue weighted by Gasteiger charge is -2.48. The predicted octanol–water partition coefficient (Wildman–Crippen LogP) is 4.98. The maximum absolute atomic E-state index is 12.9. The summed E-state index contributed by atoms with van der Waals surface area (Å²) in [6.45, 7) is 3.91. The summed E-state index contributed by atoms with van der Waals surface area (Å²) >= 11 is 3.47. The fraction of sp³-hybridized carbons (Fsp3) is 0.571. The summed E-state index contributed by atoms with van der Waals surface area (Å²) in [6.07, 6.45) is 5.99. The van der Waals surface area contributed by atoms with E-state index < -0.39 is 0 Å². The minimum absolute atomic E-state index is 0.182. The van der Waals surface area contributed by atoms with E-state index in [-0.39, 0.29) is 11.4 Å². The smallest absolute Gasteiger partial charge is 0.264 e. The molecule has 1 spiro atoms. The first kappa shape index (κ1) is 18.2. The molecule has 1 aliphatic carbocycles. The average Bonchev–Trinajstić information content (AvgIpc) is 3.37. The average molecular weight is 389 g/mol. The minimum atomic E-state index is 0.182. The van der Waals surface area contributed by atoms with E-state index in [2.05, 4.69) is 47.5 Å². The van der Waals surface area contributed by atoms with Crippen LogP contribution in [0.2, 0.25) is 0 Å². The molecule has 0 aromatic carbocycles. The molecular weight excluding hydrogens is 360 g/mol. The molecular formula is C21H28N2OS2. The Balaban J connectivity index is 1.48. The molecule has 0 unspecified atom stereocenters. The quantitative estimate of drug-likeness (QED) is 0.740. The molecule has 2 aliphatic rings. The van der Waals surface area contributed by atoms with Crippen LogP contribution in [0.15, 0.2) is 29.0 Å². The Kier molecular flexibility index (Phi) is 4.74. The summed E-state index contributed by atoms with van der Waals surface area (Å²) in [4.78, 5) is 19.9. The van der Waals surface area contributed by atoms with Crippen LogP contribution in [0.1, 0.15) is 52.2 Å². The van der Waals surface area contributed by atoms with E-state index in [1.165, 1.54) is 30.6 Å². The van der Waals surface area contributed by atoms with Crippen LogP contribution in [-0.4, -0.2) is 42.9 Å². The van der Waals surface area contributed by atoms with Crippen LogP contribution in [-0.2, 0) is 5.54 Å². The van der Waals surface area contributed by atoms with Gasteiger partial charge in [0.2, 0.25) is 0 Å². The Morgan fingerprint density at radius 1 is 1.08 bits per heavy atom. The number of carbonyl (C=O) groups is 1. The fourth-order valence-corrected chi connectivity index (χ4v) is 6.86. The second kappa shape index (κ2) is 6.77. The molecule has 3 heterocycles. The van der Waals surface area contributed by atoms with Crippen LogP contribution in [0.5, 0.6) is 0 Å². The topological polar surface area (TPSA) is 23.6 Å². The van der Waals surface area contributed by atoms with Gasteiger partial charge in [-0.25, -0.2) is 0 Å². The number of thiophene rings is 2. The van der Waals surface area contributed by atoms with Crippen molar-refractivity contribution >= 4 is 28.6 Å². The normalized spacial score (nSPS) is 29.0. The number of rotatable bonds is 3. The standard InChI is InChI=1S/C21H28N2OS2/c1-16-6-14-26-18(16)19(24)23-12-11-20(15-23)7-9-21(10-8-20,22(2)3)17-5-4-13-25-17/h4-6,13-14H,7-12,15H2,1-3H3. The zero-order chi connectivity index (χ0) is 18.4. The molecule has 2 fully saturated rings. The van der Waals surface area contributed by atoms with Crippen molar-refractivity contribution in [3.63, 3.8) is 0 Å². The Labute approximate surface area is 164 Å². The molecule has 140 valence electrons. The van der Waals surface area contributed by atoms with Gasteiger partial charge in [-0.15, -0.1) is 22.7 Å². The van der Waals surface area contributed by atoms with Crippen LogP contribution < -0.4 is 0 Å². The van der Waals surface area contributed by atoms with E-state index in [0.29, 0.717) is 5.41 Å². The summed E-state index contributed by atoms with van der Waals surface area (Å²) in [7, 11) is 4.45. The van der Waals surface area contributed by atoms with Gasteiger partial charge in [-0.2, -0.15) is 0 Å². The third-order valence-corrected chi connectivity index (χ3v) is 8.82. The van der Waals surface area contributed by atoms with Crippen molar-refractivity contribution in [3.8, 4) is 0 Å². The molecule has 1 amide bonds. The summed E-state index contributed by atoms with van der Waals surface area (Å²) < 4.78 is 0. The van der Waals surface area contributed by atoms with Crippen LogP contribution in [0, 0.1) is 12.3 Å². The van der Waals surface area contributed by atoms with Gasteiger partial charge in [0.05, 0.1) is 10.4 Å². The highest BCUT2D eigenvalue weighted by Gasteiger charge is 2.48. The minimum Gasteiger partial charge on any atom is -0.337 e. The summed E-state index contributed by atoms with van der Waals surface area (Å²) in [6, 6.07) is 6.53. The third-order valence-electron chi connectivity index (χ3n) is 6.76. The molecule has 1 aliphatic heterocycles. The first-order chi connectivity index (χ1) is 12.5. The van der Waals surface area contributed by atoms with Crippen molar-refractivity contribution in [2.75, 3.05) is 27.2 Å². The second-order valence-corrected chi connectivity index (χ2v) is 10.2. The lowest BCUT2D eigenvalue weighted by molar-refractivity contribution is 0.0394. The van der Waals surface area contributed by atoms with Crippen molar-refractivity contribution in [1.82, 2.24) is 9.80 Å². The van der Waals surface area contributed by atoms with Crippen molar-refractivity contribution in [2.24, 2.45) is 5.41 Å². The fourth-order valence-electron chi connectivity index (χ4n) is 4.90. The van der Waals surface area contributed by atoms with Crippen molar-refractivity contribution in [1.29, 1.82) is 0 Å². The van der Waals surface area contributed by atoms with Gasteiger partial charge >= 0.3 is 0 Å². The Hall–Kier alpha value is -1.17. The number of carbonyl (C=O) groups excluding carboxylic acids is 1. The van der Waals surface area contributed by atoms with Gasteiger partial charge in [-0.05, 0) is 87.0 Å². The number of likely N-dealkylation sites (tertiary alicyclic amines) is 1. The molecule has 1 saturated carbocycles. The van der Waals surface area contributed by atoms with Crippen LogP contribution in [0.25, 0.3) is 0 Å². The first-order valence-corrected chi connectivity index (χ1v) is 11.3. The van der Waals surface area contributed by atoms with Gasteiger partial charge in [-0.3, -0.25) is 9.69 Å². The second-order valence-electron chi connectivity index (χ2n) is 8.31. The van der Waals surface area contributed by atoms with E-state index in [9.17, 15) is 4.79 Å². The predicted molar refractivity (Wildman–Crippen MR) is 110 cm³/mol. The Bertz CT molecular complexity index is 770. The molecule has 3 nitrogen and oxygen atoms in total. The summed E-state index contributed by atoms with van der Waals surface area (Å²) in [5, 5.41) is 4.23. The van der Waals surface area contributed by atoms with E-state index in [0.717, 1.165) is 30.0 Å². The molecule has 4 rings (SSSR count). The van der Waals surface area contributed by atoms with E-state index in [1.807, 2.05) is 23.6 Å². The van der Waals surface area contributed by atoms with Crippen LogP contribution >= 0.6 is 22.7 Å². The lowest BCUT2D eigenvalue weighted by Crippen LogP contribution is -2.47. The van der Waals surface area contributed by atoms with Gasteiger partial charge in [0.15, 0.2) is 0 Å². The molecule has 0 atom stereocenters. The van der Waals surface area contributed by atoms with E-state index in [4.69, 9.17) is 0 Å². The largest absolute Gasteiger partial charge is 0.337 e. The molecule has 0 radical (unpaired) electrons. The van der Waals surface area contributed by atoms with Crippen LogP contribution in [0.4, 0.5) is 0 Å². The molecule has 2 aromatic heterocycles. The van der Waals surface area contributed by atoms with Crippen LogP contribution in [0.3, 0.4) is 0 Å². The van der Waals surface area contributed by atoms with Gasteiger partial charge in [-0.1, -0.05) is 6.07 Å². The Morgan fingerprint density at radius 3 is 2.42 bits per heavy atom. The Morgan fingerprint density at radius 2 is 1.85 bits per heavy atom. The maximum atomic E-state index is 12.9. The van der Waals surface area contributed by atoms with Gasteiger partial charge in [0, 0.05) is 18.0 Å². The summed E-state index contributed by atoms with van der Waals surface area (Å²) in [5.74, 6) is 0.247. The molecule has 26 heavy (non-hydrogen) atoms. The molecule has 2 aromatic rings. The third kappa shape index (κ3) is 2.94. The molecule has 1 saturated heterocycles. The van der Waals surface area contributed by atoms with E-state index >= 15 is 0 Å². The number of nitrogens with zero attached hydrogens (tertiary/aromatic N) is 2. The van der Waals surface area contributed by atoms with Gasteiger partial charge in [0.1, 0.15) is 0 Å². The number of hydrogen-bond donors (Lipinski definition) is 0. The molecule has 0 N–H and O–H groups in total. The zero-order valence-corrected chi connectivity index (χ0v) is 17.6. The van der Waals surface area contributed by atoms with Crippen molar-refractivity contribution in [2.45, 2.75) is 44.6 Å².